The van der Waals surface area contributed by atoms with Crippen molar-refractivity contribution in [1.29, 1.82) is 0 Å². The Morgan fingerprint density at radius 2 is 1.52 bits per heavy atom. The lowest BCUT2D eigenvalue weighted by Gasteiger charge is -2.15. The van der Waals surface area contributed by atoms with E-state index in [0.29, 0.717) is 37.9 Å². The molecule has 302 valence electrons. The summed E-state index contributed by atoms with van der Waals surface area (Å²) in [6.07, 6.45) is -2.61. The number of anilines is 3. The van der Waals surface area contributed by atoms with Crippen LogP contribution in [0.1, 0.15) is 82.6 Å². The molecule has 6 N–H and O–H groups in total. The fourth-order valence-electron chi connectivity index (χ4n) is 6.78. The summed E-state index contributed by atoms with van der Waals surface area (Å²) in [6, 6.07) is 21.7. The Hall–Kier alpha value is -6.78. The number of nitrogens with two attached hydrogens (primary N) is 1. The number of hydrogen-bond acceptors (Lipinski definition) is 8. The Bertz CT molecular complexity index is 2280. The zero-order chi connectivity index (χ0) is 41.6. The van der Waals surface area contributed by atoms with E-state index in [1.54, 1.807) is 13.8 Å². The van der Waals surface area contributed by atoms with Gasteiger partial charge in [0.15, 0.2) is 5.69 Å². The summed E-state index contributed by atoms with van der Waals surface area (Å²) >= 11 is 0. The maximum Gasteiger partial charge on any atom is 0.573 e. The van der Waals surface area contributed by atoms with E-state index in [-0.39, 0.29) is 47.1 Å². The summed E-state index contributed by atoms with van der Waals surface area (Å²) in [6.45, 7) is 4.32. The predicted octanol–water partition coefficient (Wildman–Crippen LogP) is 6.94. The molecule has 17 heteroatoms. The van der Waals surface area contributed by atoms with E-state index >= 15 is 0 Å². The topological polar surface area (TPSA) is 182 Å². The Kier molecular flexibility index (Phi) is 12.4. The third-order valence-corrected chi connectivity index (χ3v) is 9.32. The number of rotatable bonds is 16. The fraction of sp³-hybridized carbons (Fsp3) is 0.268. The SMILES string of the molecule is CC(C)n1nc(C(=O)Nc2cc(NC(=O)Cc3ccc(OC(F)(F)F)cc3)cnc2F)c(C(N)=O)c1NCCCCNC(=O)CC1c2ccccc2-c2ccccc21. The second-order valence-corrected chi connectivity index (χ2v) is 13.8. The van der Waals surface area contributed by atoms with Gasteiger partial charge in [0.05, 0.1) is 24.0 Å². The van der Waals surface area contributed by atoms with E-state index in [0.717, 1.165) is 46.6 Å². The minimum absolute atomic E-state index is 0.00527. The molecular formula is C41H40F4N8O5. The van der Waals surface area contributed by atoms with Crippen LogP contribution in [-0.4, -0.2) is 57.8 Å². The van der Waals surface area contributed by atoms with Crippen LogP contribution in [0.2, 0.25) is 0 Å². The summed E-state index contributed by atoms with van der Waals surface area (Å²) in [4.78, 5) is 55.4. The number of amides is 4. The van der Waals surface area contributed by atoms with Crippen molar-refractivity contribution in [3.63, 3.8) is 0 Å². The number of unbranched alkanes of at least 4 members (excludes halogenated alkanes) is 1. The molecule has 0 radical (unpaired) electrons. The Labute approximate surface area is 330 Å². The quantitative estimate of drug-likeness (QED) is 0.0404. The van der Waals surface area contributed by atoms with Gasteiger partial charge in [-0.05, 0) is 72.7 Å². The highest BCUT2D eigenvalue weighted by atomic mass is 19.4. The molecule has 2 heterocycles. The summed E-state index contributed by atoms with van der Waals surface area (Å²) in [5.74, 6) is -4.00. The zero-order valence-electron chi connectivity index (χ0n) is 31.5. The highest BCUT2D eigenvalue weighted by Gasteiger charge is 2.32. The van der Waals surface area contributed by atoms with Gasteiger partial charge in [0.2, 0.25) is 17.8 Å². The number of nitrogens with zero attached hydrogens (tertiary/aromatic N) is 3. The Balaban J connectivity index is 1.04. The van der Waals surface area contributed by atoms with Gasteiger partial charge in [-0.1, -0.05) is 60.7 Å². The van der Waals surface area contributed by atoms with Gasteiger partial charge in [0.1, 0.15) is 17.1 Å². The molecule has 0 saturated carbocycles. The molecule has 1 aliphatic rings. The van der Waals surface area contributed by atoms with Crippen LogP contribution in [0.3, 0.4) is 0 Å². The number of ether oxygens (including phenoxy) is 1. The fourth-order valence-corrected chi connectivity index (χ4v) is 6.78. The number of pyridine rings is 1. The van der Waals surface area contributed by atoms with Crippen molar-refractivity contribution >= 4 is 40.8 Å². The number of hydrogen-bond donors (Lipinski definition) is 5. The normalized spacial score (nSPS) is 12.1. The predicted molar refractivity (Wildman–Crippen MR) is 208 cm³/mol. The second-order valence-electron chi connectivity index (χ2n) is 13.8. The molecule has 1 aliphatic carbocycles. The second kappa shape index (κ2) is 17.6. The van der Waals surface area contributed by atoms with Crippen molar-refractivity contribution in [1.82, 2.24) is 20.1 Å². The van der Waals surface area contributed by atoms with Crippen molar-refractivity contribution in [2.75, 3.05) is 29.0 Å². The summed E-state index contributed by atoms with van der Waals surface area (Å²) in [5, 5.41) is 15.3. The van der Waals surface area contributed by atoms with Gasteiger partial charge in [0, 0.05) is 31.5 Å². The van der Waals surface area contributed by atoms with Gasteiger partial charge in [-0.15, -0.1) is 13.2 Å². The molecule has 2 aromatic heterocycles. The van der Waals surface area contributed by atoms with Crippen molar-refractivity contribution in [2.45, 2.75) is 57.9 Å². The number of carbonyl (C=O) groups is 4. The van der Waals surface area contributed by atoms with Crippen molar-refractivity contribution in [3.8, 4) is 16.9 Å². The molecule has 4 amide bonds. The number of primary amides is 1. The average molecular weight is 801 g/mol. The minimum atomic E-state index is -4.86. The molecule has 0 aliphatic heterocycles. The molecule has 0 fully saturated rings. The molecule has 0 atom stereocenters. The lowest BCUT2D eigenvalue weighted by Crippen LogP contribution is -2.26. The standard InChI is InChI=1S/C41H40F4N8O5/c1-23(2)53-39(48-18-8-7-17-47-33(54)21-31-29-11-5-3-9-27(29)28-10-4-6-12-30(28)31)35(38(46)56)36(52-53)40(57)51-32-20-25(22-49-37(32)42)50-34(55)19-24-13-15-26(16-14-24)58-41(43,44)45/h3-6,9-16,20,22-23,31,48H,7-8,17-19,21H2,1-2H3,(H2,46,56)(H,47,54)(H,50,55)(H,51,57). The third kappa shape index (κ3) is 9.77. The molecule has 0 bridgehead atoms. The molecular weight excluding hydrogens is 760 g/mol. The van der Waals surface area contributed by atoms with Crippen molar-refractivity contribution in [2.24, 2.45) is 5.73 Å². The number of nitrogens with one attached hydrogen (secondary N) is 4. The van der Waals surface area contributed by atoms with Crippen LogP contribution in [0.4, 0.5) is 34.8 Å². The van der Waals surface area contributed by atoms with Gasteiger partial charge in [-0.3, -0.25) is 19.2 Å². The van der Waals surface area contributed by atoms with E-state index in [9.17, 15) is 36.7 Å². The van der Waals surface area contributed by atoms with Crippen LogP contribution in [0.25, 0.3) is 11.1 Å². The highest BCUT2D eigenvalue weighted by Crippen LogP contribution is 2.46. The number of halogens is 4. The molecule has 13 nitrogen and oxygen atoms in total. The van der Waals surface area contributed by atoms with Crippen LogP contribution in [0.15, 0.2) is 85.1 Å². The third-order valence-electron chi connectivity index (χ3n) is 9.32. The van der Waals surface area contributed by atoms with Gasteiger partial charge in [-0.2, -0.15) is 9.49 Å². The summed E-state index contributed by atoms with van der Waals surface area (Å²) in [5.41, 5.74) is 9.60. The summed E-state index contributed by atoms with van der Waals surface area (Å²) < 4.78 is 57.4. The van der Waals surface area contributed by atoms with E-state index in [4.69, 9.17) is 5.73 Å². The maximum atomic E-state index is 14.8. The molecule has 0 unspecified atom stereocenters. The molecule has 6 rings (SSSR count). The van der Waals surface area contributed by atoms with Gasteiger partial charge < -0.3 is 31.7 Å². The largest absolute Gasteiger partial charge is 0.573 e. The number of alkyl halides is 3. The number of benzene rings is 3. The van der Waals surface area contributed by atoms with Gasteiger partial charge >= 0.3 is 6.36 Å². The van der Waals surface area contributed by atoms with Crippen LogP contribution in [0, 0.1) is 5.95 Å². The minimum Gasteiger partial charge on any atom is -0.406 e. The molecule has 5 aromatic rings. The van der Waals surface area contributed by atoms with E-state index < -0.39 is 41.5 Å². The van der Waals surface area contributed by atoms with Crippen molar-refractivity contribution in [3.05, 3.63) is 119 Å². The lowest BCUT2D eigenvalue weighted by atomic mass is 9.93. The number of aromatic nitrogens is 3. The smallest absolute Gasteiger partial charge is 0.406 e. The number of carbonyl (C=O) groups excluding carboxylic acids is 4. The summed E-state index contributed by atoms with van der Waals surface area (Å²) in [7, 11) is 0. The first-order chi connectivity index (χ1) is 27.7. The van der Waals surface area contributed by atoms with Gasteiger partial charge in [0.25, 0.3) is 11.8 Å². The first-order valence-electron chi connectivity index (χ1n) is 18.4. The van der Waals surface area contributed by atoms with Crippen molar-refractivity contribution < 1.29 is 41.5 Å². The van der Waals surface area contributed by atoms with E-state index in [1.165, 1.54) is 16.8 Å². The van der Waals surface area contributed by atoms with E-state index in [2.05, 4.69) is 60.4 Å². The Morgan fingerprint density at radius 1 is 0.879 bits per heavy atom. The molecule has 3 aromatic carbocycles. The molecule has 0 saturated heterocycles. The van der Waals surface area contributed by atoms with E-state index in [1.807, 2.05) is 24.3 Å². The first-order valence-corrected chi connectivity index (χ1v) is 18.4. The highest BCUT2D eigenvalue weighted by molar-refractivity contribution is 6.13. The first kappa shape index (κ1) is 40.9. The molecule has 0 spiro atoms. The molecule has 58 heavy (non-hydrogen) atoms. The average Bonchev–Trinajstić information content (AvgIpc) is 3.71. The van der Waals surface area contributed by atoms with Crippen LogP contribution in [-0.2, 0) is 16.0 Å². The van der Waals surface area contributed by atoms with Gasteiger partial charge in [-0.25, -0.2) is 9.67 Å². The monoisotopic (exact) mass is 800 g/mol. The van der Waals surface area contributed by atoms with Crippen LogP contribution < -0.4 is 31.7 Å². The lowest BCUT2D eigenvalue weighted by molar-refractivity contribution is -0.274. The van der Waals surface area contributed by atoms with Crippen LogP contribution in [0.5, 0.6) is 5.75 Å². The number of fused-ring (bicyclic) bond motifs is 3. The Morgan fingerprint density at radius 3 is 2.14 bits per heavy atom. The maximum absolute atomic E-state index is 14.8. The van der Waals surface area contributed by atoms with Crippen LogP contribution >= 0.6 is 0 Å². The zero-order valence-corrected chi connectivity index (χ0v) is 31.5.